The summed E-state index contributed by atoms with van der Waals surface area (Å²) >= 11 is 0. The molecule has 0 bridgehead atoms. The lowest BCUT2D eigenvalue weighted by molar-refractivity contribution is 0.270. The molecule has 6 heteroatoms. The van der Waals surface area contributed by atoms with Gasteiger partial charge in [-0.3, -0.25) is 0 Å². The second kappa shape index (κ2) is 4.78. The number of hydrogen-bond donors (Lipinski definition) is 2. The molecule has 3 N–H and O–H groups in total. The number of nitrogens with zero attached hydrogens (tertiary/aromatic N) is 2. The van der Waals surface area contributed by atoms with Crippen molar-refractivity contribution in [3.05, 3.63) is 30.1 Å². The minimum absolute atomic E-state index is 0.198. The van der Waals surface area contributed by atoms with Crippen LogP contribution in [0.2, 0.25) is 0 Å². The van der Waals surface area contributed by atoms with E-state index in [-0.39, 0.29) is 6.01 Å². The molecule has 1 atom stereocenters. The zero-order valence-corrected chi connectivity index (χ0v) is 8.69. The highest BCUT2D eigenvalue weighted by molar-refractivity contribution is 5.05. The second-order valence-corrected chi connectivity index (χ2v) is 3.58. The predicted octanol–water partition coefficient (Wildman–Crippen LogP) is 0.404. The van der Waals surface area contributed by atoms with E-state index in [2.05, 4.69) is 15.3 Å². The van der Waals surface area contributed by atoms with Gasteiger partial charge in [0.15, 0.2) is 5.82 Å². The fourth-order valence-electron chi connectivity index (χ4n) is 1.48. The third kappa shape index (κ3) is 2.82. The van der Waals surface area contributed by atoms with Gasteiger partial charge >= 0.3 is 6.01 Å². The Bertz CT molecular complexity index is 379. The van der Waals surface area contributed by atoms with Crippen LogP contribution >= 0.6 is 0 Å². The molecule has 1 aromatic rings. The summed E-state index contributed by atoms with van der Waals surface area (Å²) in [5, 5.41) is 3.03. The Morgan fingerprint density at radius 2 is 2.25 bits per heavy atom. The molecule has 5 nitrogen and oxygen atoms in total. The number of ether oxygens (including phenoxy) is 1. The van der Waals surface area contributed by atoms with Gasteiger partial charge in [0.1, 0.15) is 0 Å². The first-order valence-electron chi connectivity index (χ1n) is 5.05. The third-order valence-corrected chi connectivity index (χ3v) is 2.30. The summed E-state index contributed by atoms with van der Waals surface area (Å²) in [5.74, 6) is 0.617. The zero-order valence-electron chi connectivity index (χ0n) is 8.69. The first kappa shape index (κ1) is 10.7. The Kier molecular flexibility index (Phi) is 3.19. The quantitative estimate of drug-likeness (QED) is 0.774. The summed E-state index contributed by atoms with van der Waals surface area (Å²) in [4.78, 5) is 7.39. The van der Waals surface area contributed by atoms with E-state index in [0.717, 1.165) is 25.4 Å². The minimum atomic E-state index is -0.469. The lowest BCUT2D eigenvalue weighted by Gasteiger charge is -2.07. The van der Waals surface area contributed by atoms with Gasteiger partial charge in [-0.1, -0.05) is 0 Å². The molecule has 0 spiro atoms. The summed E-state index contributed by atoms with van der Waals surface area (Å²) < 4.78 is 17.8. The first-order chi connectivity index (χ1) is 7.74. The van der Waals surface area contributed by atoms with E-state index < -0.39 is 5.82 Å². The van der Waals surface area contributed by atoms with Crippen LogP contribution in [-0.4, -0.2) is 23.1 Å². The van der Waals surface area contributed by atoms with Crippen molar-refractivity contribution in [2.45, 2.75) is 6.42 Å². The lowest BCUT2D eigenvalue weighted by Crippen LogP contribution is -2.17. The fourth-order valence-corrected chi connectivity index (χ4v) is 1.48. The average molecular weight is 224 g/mol. The average Bonchev–Trinajstić information content (AvgIpc) is 2.67. The number of rotatable bonds is 4. The molecular weight excluding hydrogens is 211 g/mol. The van der Waals surface area contributed by atoms with Crippen LogP contribution in [0.5, 0.6) is 6.01 Å². The first-order valence-corrected chi connectivity index (χ1v) is 5.05. The molecule has 0 fully saturated rings. The Balaban J connectivity index is 1.74. The summed E-state index contributed by atoms with van der Waals surface area (Å²) in [6.45, 7) is 1.32. The van der Waals surface area contributed by atoms with E-state index in [4.69, 9.17) is 10.5 Å². The van der Waals surface area contributed by atoms with Gasteiger partial charge in [0.25, 0.3) is 0 Å². The fraction of sp³-hybridized carbons (Fsp3) is 0.400. The SMILES string of the molecule is NC1=C[C@H](CCOc2ncc(F)cn2)CN1. The van der Waals surface area contributed by atoms with Crippen LogP contribution < -0.4 is 15.8 Å². The van der Waals surface area contributed by atoms with Crippen molar-refractivity contribution in [2.24, 2.45) is 11.7 Å². The highest BCUT2D eigenvalue weighted by Gasteiger charge is 2.12. The van der Waals surface area contributed by atoms with Gasteiger partial charge in [-0.25, -0.2) is 14.4 Å². The van der Waals surface area contributed by atoms with Crippen molar-refractivity contribution >= 4 is 0 Å². The Morgan fingerprint density at radius 1 is 1.50 bits per heavy atom. The molecule has 1 aromatic heterocycles. The maximum absolute atomic E-state index is 12.5. The second-order valence-electron chi connectivity index (χ2n) is 3.58. The van der Waals surface area contributed by atoms with Crippen LogP contribution in [0.3, 0.4) is 0 Å². The normalized spacial score (nSPS) is 19.1. The molecular formula is C10H13FN4O. The Hall–Kier alpha value is -1.85. The van der Waals surface area contributed by atoms with E-state index in [1.54, 1.807) is 0 Å². The number of nitrogens with one attached hydrogen (secondary N) is 1. The van der Waals surface area contributed by atoms with E-state index in [1.807, 2.05) is 6.08 Å². The molecule has 86 valence electrons. The molecule has 1 aliphatic heterocycles. The standard InChI is InChI=1S/C10H13FN4O/c11-8-5-14-10(15-6-8)16-2-1-7-3-9(12)13-4-7/h3,5-7,13H,1-2,4,12H2/t7-/m0/s1. The zero-order chi connectivity index (χ0) is 11.4. The molecule has 0 aromatic carbocycles. The molecule has 0 aliphatic carbocycles. The summed E-state index contributed by atoms with van der Waals surface area (Å²) in [5.41, 5.74) is 5.57. The van der Waals surface area contributed by atoms with Crippen LogP contribution in [0.15, 0.2) is 24.3 Å². The predicted molar refractivity (Wildman–Crippen MR) is 55.9 cm³/mol. The minimum Gasteiger partial charge on any atom is -0.463 e. The maximum Gasteiger partial charge on any atom is 0.316 e. The molecule has 0 amide bonds. The van der Waals surface area contributed by atoms with Gasteiger partial charge in [-0.2, -0.15) is 0 Å². The number of aromatic nitrogens is 2. The molecule has 16 heavy (non-hydrogen) atoms. The monoisotopic (exact) mass is 224 g/mol. The van der Waals surface area contributed by atoms with Gasteiger partial charge in [-0.15, -0.1) is 0 Å². The molecule has 0 saturated carbocycles. The van der Waals surface area contributed by atoms with Gasteiger partial charge < -0.3 is 15.8 Å². The molecule has 2 rings (SSSR count). The van der Waals surface area contributed by atoms with Crippen molar-refractivity contribution in [3.63, 3.8) is 0 Å². The van der Waals surface area contributed by atoms with Crippen molar-refractivity contribution < 1.29 is 9.13 Å². The van der Waals surface area contributed by atoms with E-state index in [1.165, 1.54) is 0 Å². The van der Waals surface area contributed by atoms with E-state index in [0.29, 0.717) is 18.3 Å². The summed E-state index contributed by atoms with van der Waals surface area (Å²) in [6, 6.07) is 0.198. The van der Waals surface area contributed by atoms with Gasteiger partial charge in [-0.05, 0) is 12.5 Å². The van der Waals surface area contributed by atoms with Crippen LogP contribution in [0.1, 0.15) is 6.42 Å². The van der Waals surface area contributed by atoms with Crippen LogP contribution in [-0.2, 0) is 0 Å². The number of halogens is 1. The number of hydrogen-bond acceptors (Lipinski definition) is 5. The van der Waals surface area contributed by atoms with Crippen molar-refractivity contribution in [1.82, 2.24) is 15.3 Å². The highest BCUT2D eigenvalue weighted by atomic mass is 19.1. The van der Waals surface area contributed by atoms with E-state index in [9.17, 15) is 4.39 Å². The number of nitrogens with two attached hydrogens (primary N) is 1. The molecule has 0 unspecified atom stereocenters. The molecule has 0 saturated heterocycles. The maximum atomic E-state index is 12.5. The van der Waals surface area contributed by atoms with Gasteiger partial charge in [0.2, 0.25) is 0 Å². The third-order valence-electron chi connectivity index (χ3n) is 2.30. The van der Waals surface area contributed by atoms with Gasteiger partial charge in [0, 0.05) is 12.5 Å². The molecule has 0 radical (unpaired) electrons. The molecule has 2 heterocycles. The van der Waals surface area contributed by atoms with Crippen molar-refractivity contribution in [1.29, 1.82) is 0 Å². The van der Waals surface area contributed by atoms with Gasteiger partial charge in [0.05, 0.1) is 24.8 Å². The van der Waals surface area contributed by atoms with Crippen LogP contribution in [0.4, 0.5) is 4.39 Å². The highest BCUT2D eigenvalue weighted by Crippen LogP contribution is 2.11. The Morgan fingerprint density at radius 3 is 2.88 bits per heavy atom. The van der Waals surface area contributed by atoms with Crippen LogP contribution in [0.25, 0.3) is 0 Å². The largest absolute Gasteiger partial charge is 0.463 e. The summed E-state index contributed by atoms with van der Waals surface area (Å²) in [7, 11) is 0. The molecule has 1 aliphatic rings. The van der Waals surface area contributed by atoms with Crippen molar-refractivity contribution in [3.8, 4) is 6.01 Å². The van der Waals surface area contributed by atoms with Crippen molar-refractivity contribution in [2.75, 3.05) is 13.2 Å². The van der Waals surface area contributed by atoms with Crippen LogP contribution in [0, 0.1) is 11.7 Å². The smallest absolute Gasteiger partial charge is 0.316 e. The lowest BCUT2D eigenvalue weighted by atomic mass is 10.1. The van der Waals surface area contributed by atoms with E-state index >= 15 is 0 Å². The Labute approximate surface area is 92.5 Å². The summed E-state index contributed by atoms with van der Waals surface area (Å²) in [6.07, 6.45) is 4.96. The topological polar surface area (TPSA) is 73.1 Å².